The van der Waals surface area contributed by atoms with Gasteiger partial charge in [-0.1, -0.05) is 6.07 Å². The van der Waals surface area contributed by atoms with E-state index < -0.39 is 27.4 Å². The number of carbonyl (C=O) groups is 1. The molecule has 2 heterocycles. The number of thiophene rings is 1. The Balaban J connectivity index is 1.81. The Kier molecular flexibility index (Phi) is 6.14. The summed E-state index contributed by atoms with van der Waals surface area (Å²) in [5, 5.41) is 9.24. The van der Waals surface area contributed by atoms with Gasteiger partial charge in [0, 0.05) is 10.0 Å². The molecule has 12 heteroatoms. The van der Waals surface area contributed by atoms with Gasteiger partial charge in [0.05, 0.1) is 37.9 Å². The van der Waals surface area contributed by atoms with Crippen LogP contribution < -0.4 is 0 Å². The standard InChI is InChI=1S/C20H13BrF2N2O4S3/c1-30-20-17(7-16(31-20)19(26)27)32(28,29)10-5-12(21)18-15(6-10)24-9-25(18)8-11-13(22)3-2-4-14(11)23/h2-7,9H,8H2,1H3,(H,26,27). The molecule has 0 unspecified atom stereocenters. The van der Waals surface area contributed by atoms with Gasteiger partial charge in [-0.3, -0.25) is 0 Å². The molecule has 2 aromatic heterocycles. The molecule has 0 aliphatic carbocycles. The summed E-state index contributed by atoms with van der Waals surface area (Å²) in [7, 11) is -4.04. The van der Waals surface area contributed by atoms with Gasteiger partial charge in [-0.05, 0) is 52.5 Å². The number of benzene rings is 2. The molecule has 4 aromatic rings. The Morgan fingerprint density at radius 1 is 1.25 bits per heavy atom. The second-order valence-corrected chi connectivity index (χ2v) is 11.5. The molecule has 0 aliphatic rings. The van der Waals surface area contributed by atoms with Crippen molar-refractivity contribution in [2.45, 2.75) is 20.5 Å². The van der Waals surface area contributed by atoms with E-state index in [1.807, 2.05) is 0 Å². The van der Waals surface area contributed by atoms with E-state index in [0.717, 1.165) is 41.3 Å². The van der Waals surface area contributed by atoms with Crippen molar-refractivity contribution in [2.24, 2.45) is 0 Å². The fraction of sp³-hybridized carbons (Fsp3) is 0.100. The normalized spacial score (nSPS) is 11.9. The number of rotatable bonds is 6. The summed E-state index contributed by atoms with van der Waals surface area (Å²) in [5.74, 6) is -2.60. The van der Waals surface area contributed by atoms with Gasteiger partial charge in [-0.25, -0.2) is 27.0 Å². The number of aromatic carboxylic acids is 1. The minimum atomic E-state index is -4.04. The highest BCUT2D eigenvalue weighted by molar-refractivity contribution is 9.10. The highest BCUT2D eigenvalue weighted by atomic mass is 79.9. The molecule has 4 rings (SSSR count). The molecule has 166 valence electrons. The van der Waals surface area contributed by atoms with E-state index in [9.17, 15) is 27.1 Å². The number of imidazole rings is 1. The second-order valence-electron chi connectivity index (χ2n) is 6.62. The molecular formula is C20H13BrF2N2O4S3. The quantitative estimate of drug-likeness (QED) is 0.317. The first-order chi connectivity index (χ1) is 15.1. The molecule has 0 saturated heterocycles. The monoisotopic (exact) mass is 558 g/mol. The van der Waals surface area contributed by atoms with Crippen molar-refractivity contribution in [1.29, 1.82) is 0 Å². The van der Waals surface area contributed by atoms with Crippen LogP contribution in [-0.4, -0.2) is 35.3 Å². The minimum Gasteiger partial charge on any atom is -0.477 e. The van der Waals surface area contributed by atoms with Crippen molar-refractivity contribution < 1.29 is 27.1 Å². The van der Waals surface area contributed by atoms with Crippen molar-refractivity contribution in [3.63, 3.8) is 0 Å². The first kappa shape index (κ1) is 22.9. The third kappa shape index (κ3) is 3.96. The van der Waals surface area contributed by atoms with Crippen molar-refractivity contribution in [3.8, 4) is 0 Å². The predicted molar refractivity (Wildman–Crippen MR) is 121 cm³/mol. The smallest absolute Gasteiger partial charge is 0.345 e. The third-order valence-corrected chi connectivity index (χ3v) is 9.57. The van der Waals surface area contributed by atoms with E-state index in [2.05, 4.69) is 20.9 Å². The second kappa shape index (κ2) is 8.58. The van der Waals surface area contributed by atoms with Crippen molar-refractivity contribution in [3.05, 3.63) is 69.3 Å². The van der Waals surface area contributed by atoms with E-state index in [4.69, 9.17) is 0 Å². The van der Waals surface area contributed by atoms with E-state index in [1.165, 1.54) is 29.1 Å². The molecule has 32 heavy (non-hydrogen) atoms. The number of hydrogen-bond acceptors (Lipinski definition) is 6. The van der Waals surface area contributed by atoms with Crippen LogP contribution in [0.3, 0.4) is 0 Å². The number of aromatic nitrogens is 2. The Labute approximate surface area is 198 Å². The Morgan fingerprint density at radius 2 is 1.94 bits per heavy atom. The Hall–Kier alpha value is -2.28. The zero-order valence-electron chi connectivity index (χ0n) is 16.2. The summed E-state index contributed by atoms with van der Waals surface area (Å²) in [4.78, 5) is 15.3. The van der Waals surface area contributed by atoms with Crippen molar-refractivity contribution in [1.82, 2.24) is 9.55 Å². The lowest BCUT2D eigenvalue weighted by Crippen LogP contribution is -2.05. The van der Waals surface area contributed by atoms with Gasteiger partial charge < -0.3 is 9.67 Å². The van der Waals surface area contributed by atoms with Crippen molar-refractivity contribution in [2.75, 3.05) is 6.26 Å². The van der Waals surface area contributed by atoms with E-state index in [-0.39, 0.29) is 26.8 Å². The number of thioether (sulfide) groups is 1. The minimum absolute atomic E-state index is 0.0794. The summed E-state index contributed by atoms with van der Waals surface area (Å²) in [6, 6.07) is 7.46. The molecule has 0 atom stereocenters. The molecule has 0 radical (unpaired) electrons. The largest absolute Gasteiger partial charge is 0.477 e. The molecular weight excluding hydrogens is 546 g/mol. The third-order valence-electron chi connectivity index (χ3n) is 4.69. The highest BCUT2D eigenvalue weighted by Gasteiger charge is 2.27. The van der Waals surface area contributed by atoms with Crippen LogP contribution in [0.1, 0.15) is 15.2 Å². The number of halogens is 3. The average Bonchev–Trinajstić information content (AvgIpc) is 3.36. The molecule has 1 N–H and O–H groups in total. The van der Waals surface area contributed by atoms with Crippen LogP contribution in [0.15, 0.2) is 61.2 Å². The molecule has 0 saturated carbocycles. The number of nitrogens with zero attached hydrogens (tertiary/aromatic N) is 2. The predicted octanol–water partition coefficient (Wildman–Crippen LogP) is 5.44. The van der Waals surface area contributed by atoms with Crippen LogP contribution >= 0.6 is 39.0 Å². The molecule has 6 nitrogen and oxygen atoms in total. The molecule has 0 bridgehead atoms. The summed E-state index contributed by atoms with van der Waals surface area (Å²) < 4.78 is 56.9. The zero-order chi connectivity index (χ0) is 23.2. The maximum absolute atomic E-state index is 14.1. The Bertz CT molecular complexity index is 1460. The molecule has 2 aromatic carbocycles. The first-order valence-corrected chi connectivity index (χ1v) is 13.2. The van der Waals surface area contributed by atoms with Gasteiger partial charge in [-0.2, -0.15) is 0 Å². The summed E-state index contributed by atoms with van der Waals surface area (Å²) in [6.45, 7) is -0.136. The topological polar surface area (TPSA) is 89.3 Å². The van der Waals surface area contributed by atoms with Gasteiger partial charge in [0.25, 0.3) is 0 Å². The van der Waals surface area contributed by atoms with Crippen LogP contribution in [0.5, 0.6) is 0 Å². The highest BCUT2D eigenvalue weighted by Crippen LogP contribution is 2.38. The lowest BCUT2D eigenvalue weighted by molar-refractivity contribution is 0.0702. The van der Waals surface area contributed by atoms with Crippen LogP contribution in [0.25, 0.3) is 11.0 Å². The number of fused-ring (bicyclic) bond motifs is 1. The van der Waals surface area contributed by atoms with Crippen molar-refractivity contribution >= 4 is 65.9 Å². The number of carboxylic acids is 1. The van der Waals surface area contributed by atoms with Crippen LogP contribution in [0, 0.1) is 11.6 Å². The van der Waals surface area contributed by atoms with Gasteiger partial charge in [0.2, 0.25) is 9.84 Å². The van der Waals surface area contributed by atoms with E-state index >= 15 is 0 Å². The number of hydrogen-bond donors (Lipinski definition) is 1. The number of carboxylic acid groups (broad SMARTS) is 1. The zero-order valence-corrected chi connectivity index (χ0v) is 20.2. The summed E-state index contributed by atoms with van der Waals surface area (Å²) in [5.41, 5.74) is 0.627. The lowest BCUT2D eigenvalue weighted by Gasteiger charge is -2.10. The molecule has 0 amide bonds. The molecule has 0 aliphatic heterocycles. The maximum Gasteiger partial charge on any atom is 0.345 e. The SMILES string of the molecule is CSc1sc(C(=O)O)cc1S(=O)(=O)c1cc(Br)c2c(c1)ncn2Cc1c(F)cccc1F. The van der Waals surface area contributed by atoms with Gasteiger partial charge in [-0.15, -0.1) is 23.1 Å². The van der Waals surface area contributed by atoms with Gasteiger partial charge in [0.15, 0.2) is 0 Å². The van der Waals surface area contributed by atoms with E-state index in [0.29, 0.717) is 19.7 Å². The van der Waals surface area contributed by atoms with Crippen LogP contribution in [0.2, 0.25) is 0 Å². The number of sulfone groups is 1. The van der Waals surface area contributed by atoms with Crippen LogP contribution in [-0.2, 0) is 16.4 Å². The summed E-state index contributed by atoms with van der Waals surface area (Å²) in [6.07, 6.45) is 3.04. The Morgan fingerprint density at radius 3 is 2.56 bits per heavy atom. The van der Waals surface area contributed by atoms with Gasteiger partial charge in [0.1, 0.15) is 16.5 Å². The van der Waals surface area contributed by atoms with Gasteiger partial charge >= 0.3 is 5.97 Å². The average molecular weight is 559 g/mol. The molecule has 0 fully saturated rings. The van der Waals surface area contributed by atoms with E-state index in [1.54, 1.807) is 6.26 Å². The molecule has 0 spiro atoms. The lowest BCUT2D eigenvalue weighted by atomic mass is 10.2. The fourth-order valence-electron chi connectivity index (χ4n) is 3.18. The fourth-order valence-corrected chi connectivity index (χ4v) is 7.89. The first-order valence-electron chi connectivity index (χ1n) is 8.87. The van der Waals surface area contributed by atoms with Crippen LogP contribution in [0.4, 0.5) is 8.78 Å². The summed E-state index contributed by atoms with van der Waals surface area (Å²) >= 11 is 5.38. The maximum atomic E-state index is 14.1.